The lowest BCUT2D eigenvalue weighted by Gasteiger charge is -2.35. The van der Waals surface area contributed by atoms with Gasteiger partial charge in [0.2, 0.25) is 21.8 Å². The molecule has 0 aromatic heterocycles. The minimum Gasteiger partial charge on any atom is -0.352 e. The number of hydrogen-bond donors (Lipinski definition) is 1. The number of halogens is 1. The fourth-order valence-electron chi connectivity index (χ4n) is 5.29. The summed E-state index contributed by atoms with van der Waals surface area (Å²) in [6.45, 7) is 1.73. The van der Waals surface area contributed by atoms with Gasteiger partial charge in [0.25, 0.3) is 0 Å². The van der Waals surface area contributed by atoms with Gasteiger partial charge in [0, 0.05) is 23.5 Å². The number of aryl methyl sites for hydroxylation is 1. The summed E-state index contributed by atoms with van der Waals surface area (Å²) in [4.78, 5) is 29.8. The molecule has 1 unspecified atom stereocenters. The molecule has 41 heavy (non-hydrogen) atoms. The average molecular weight is 641 g/mol. The standard InChI is InChI=1S/C32H38BrN3O4S/c1-24-11-9-10-14-26(24)22-35(31(37)23-36(41(2,39)40)29-19-17-27(33)18-20-29)30(21-25-12-5-3-6-13-25)32(38)34-28-15-7-4-8-16-28/h3,5-6,9-14,17-20,28,30H,4,7-8,15-16,21-23H2,1-2H3,(H,34,38). The van der Waals surface area contributed by atoms with Crippen LogP contribution >= 0.6 is 15.9 Å². The van der Waals surface area contributed by atoms with Crippen molar-refractivity contribution in [2.75, 3.05) is 17.1 Å². The molecule has 3 aromatic rings. The zero-order valence-corrected chi connectivity index (χ0v) is 26.0. The van der Waals surface area contributed by atoms with Crippen molar-refractivity contribution >= 4 is 43.5 Å². The zero-order valence-electron chi connectivity index (χ0n) is 23.6. The third kappa shape index (κ3) is 8.66. The molecule has 0 radical (unpaired) electrons. The average Bonchev–Trinajstić information content (AvgIpc) is 2.95. The van der Waals surface area contributed by atoms with E-state index in [1.165, 1.54) is 0 Å². The molecule has 7 nitrogen and oxygen atoms in total. The highest BCUT2D eigenvalue weighted by Gasteiger charge is 2.34. The number of carbonyl (C=O) groups is 2. The maximum absolute atomic E-state index is 14.2. The highest BCUT2D eigenvalue weighted by atomic mass is 79.9. The van der Waals surface area contributed by atoms with Crippen molar-refractivity contribution in [1.29, 1.82) is 0 Å². The van der Waals surface area contributed by atoms with E-state index in [1.54, 1.807) is 29.2 Å². The summed E-state index contributed by atoms with van der Waals surface area (Å²) in [7, 11) is -3.80. The molecule has 1 saturated carbocycles. The van der Waals surface area contributed by atoms with Gasteiger partial charge >= 0.3 is 0 Å². The topological polar surface area (TPSA) is 86.8 Å². The van der Waals surface area contributed by atoms with Crippen LogP contribution in [0.25, 0.3) is 0 Å². The van der Waals surface area contributed by atoms with Gasteiger partial charge < -0.3 is 10.2 Å². The van der Waals surface area contributed by atoms with Crippen LogP contribution in [0.2, 0.25) is 0 Å². The molecule has 1 aliphatic rings. The summed E-state index contributed by atoms with van der Waals surface area (Å²) in [5.41, 5.74) is 3.20. The number of amides is 2. The van der Waals surface area contributed by atoms with Crippen molar-refractivity contribution in [1.82, 2.24) is 10.2 Å². The molecule has 1 N–H and O–H groups in total. The van der Waals surface area contributed by atoms with Gasteiger partial charge in [0.1, 0.15) is 12.6 Å². The molecule has 0 spiro atoms. The first-order valence-corrected chi connectivity index (χ1v) is 16.7. The largest absolute Gasteiger partial charge is 0.352 e. The number of nitrogens with one attached hydrogen (secondary N) is 1. The Bertz CT molecular complexity index is 1420. The van der Waals surface area contributed by atoms with Gasteiger partial charge in [-0.3, -0.25) is 13.9 Å². The Morgan fingerprint density at radius 3 is 2.20 bits per heavy atom. The van der Waals surface area contributed by atoms with Crippen LogP contribution in [-0.4, -0.2) is 50.0 Å². The van der Waals surface area contributed by atoms with Crippen molar-refractivity contribution in [3.05, 3.63) is 100 Å². The third-order valence-corrected chi connectivity index (χ3v) is 9.29. The number of rotatable bonds is 11. The Morgan fingerprint density at radius 2 is 1.56 bits per heavy atom. The van der Waals surface area contributed by atoms with E-state index in [2.05, 4.69) is 21.2 Å². The van der Waals surface area contributed by atoms with Crippen LogP contribution in [0.3, 0.4) is 0 Å². The first kappa shape index (κ1) is 30.8. The molecule has 1 fully saturated rings. The Kier molecular flexibility index (Phi) is 10.6. The zero-order chi connectivity index (χ0) is 29.4. The van der Waals surface area contributed by atoms with E-state index < -0.39 is 28.5 Å². The molecule has 1 atom stereocenters. The van der Waals surface area contributed by atoms with E-state index in [-0.39, 0.29) is 18.5 Å². The lowest BCUT2D eigenvalue weighted by atomic mass is 9.94. The number of hydrogen-bond acceptors (Lipinski definition) is 4. The van der Waals surface area contributed by atoms with Crippen LogP contribution < -0.4 is 9.62 Å². The summed E-state index contributed by atoms with van der Waals surface area (Å²) in [6, 6.07) is 23.4. The quantitative estimate of drug-likeness (QED) is 0.295. The second-order valence-electron chi connectivity index (χ2n) is 10.7. The van der Waals surface area contributed by atoms with Crippen molar-refractivity contribution < 1.29 is 18.0 Å². The van der Waals surface area contributed by atoms with Crippen LogP contribution in [0.4, 0.5) is 5.69 Å². The highest BCUT2D eigenvalue weighted by Crippen LogP contribution is 2.24. The van der Waals surface area contributed by atoms with E-state index in [0.29, 0.717) is 12.1 Å². The normalized spacial score (nSPS) is 14.7. The van der Waals surface area contributed by atoms with Gasteiger partial charge in [-0.2, -0.15) is 0 Å². The fourth-order valence-corrected chi connectivity index (χ4v) is 6.40. The minimum absolute atomic E-state index is 0.0696. The summed E-state index contributed by atoms with van der Waals surface area (Å²) in [5, 5.41) is 3.23. The molecule has 2 amide bonds. The van der Waals surface area contributed by atoms with Crippen molar-refractivity contribution in [2.45, 2.75) is 64.1 Å². The van der Waals surface area contributed by atoms with Crippen molar-refractivity contribution in [3.8, 4) is 0 Å². The predicted molar refractivity (Wildman–Crippen MR) is 167 cm³/mol. The first-order valence-electron chi connectivity index (χ1n) is 14.0. The number of sulfonamides is 1. The smallest absolute Gasteiger partial charge is 0.244 e. The Balaban J connectivity index is 1.72. The Hall–Kier alpha value is -3.17. The molecule has 1 aliphatic carbocycles. The minimum atomic E-state index is -3.80. The van der Waals surface area contributed by atoms with Crippen molar-refractivity contribution in [2.24, 2.45) is 0 Å². The SMILES string of the molecule is Cc1ccccc1CN(C(=O)CN(c1ccc(Br)cc1)S(C)(=O)=O)C(Cc1ccccc1)C(=O)NC1CCCCC1. The summed E-state index contributed by atoms with van der Waals surface area (Å²) >= 11 is 3.38. The maximum atomic E-state index is 14.2. The Labute approximate surface area is 252 Å². The number of anilines is 1. The number of carbonyl (C=O) groups excluding carboxylic acids is 2. The van der Waals surface area contributed by atoms with Crippen LogP contribution in [0.5, 0.6) is 0 Å². The lowest BCUT2D eigenvalue weighted by molar-refractivity contribution is -0.140. The van der Waals surface area contributed by atoms with Crippen LogP contribution in [-0.2, 0) is 32.6 Å². The van der Waals surface area contributed by atoms with Gasteiger partial charge in [0.05, 0.1) is 11.9 Å². The molecule has 0 bridgehead atoms. The molecule has 0 aliphatic heterocycles. The maximum Gasteiger partial charge on any atom is 0.244 e. The fraction of sp³-hybridized carbons (Fsp3) is 0.375. The van der Waals surface area contributed by atoms with Crippen LogP contribution in [0.1, 0.15) is 48.8 Å². The monoisotopic (exact) mass is 639 g/mol. The third-order valence-electron chi connectivity index (χ3n) is 7.62. The molecule has 0 heterocycles. The van der Waals surface area contributed by atoms with E-state index in [9.17, 15) is 18.0 Å². The second kappa shape index (κ2) is 14.1. The molecule has 0 saturated heterocycles. The second-order valence-corrected chi connectivity index (χ2v) is 13.6. The summed E-state index contributed by atoms with van der Waals surface area (Å²) in [6.07, 6.45) is 6.53. The highest BCUT2D eigenvalue weighted by molar-refractivity contribution is 9.10. The molecule has 218 valence electrons. The molecule has 4 rings (SSSR count). The van der Waals surface area contributed by atoms with E-state index in [4.69, 9.17) is 0 Å². The van der Waals surface area contributed by atoms with Gasteiger partial charge in [-0.15, -0.1) is 0 Å². The predicted octanol–water partition coefficient (Wildman–Crippen LogP) is 5.61. The summed E-state index contributed by atoms with van der Waals surface area (Å²) in [5.74, 6) is -0.654. The number of benzene rings is 3. The van der Waals surface area contributed by atoms with E-state index in [0.717, 1.165) is 63.8 Å². The molecule has 9 heteroatoms. The van der Waals surface area contributed by atoms with Gasteiger partial charge in [-0.1, -0.05) is 89.8 Å². The molecular formula is C32H38BrN3O4S. The van der Waals surface area contributed by atoms with Gasteiger partial charge in [-0.25, -0.2) is 8.42 Å². The van der Waals surface area contributed by atoms with Crippen LogP contribution in [0.15, 0.2) is 83.3 Å². The molecule has 3 aromatic carbocycles. The number of nitrogens with zero attached hydrogens (tertiary/aromatic N) is 2. The Morgan fingerprint density at radius 1 is 0.927 bits per heavy atom. The first-order chi connectivity index (χ1) is 19.6. The van der Waals surface area contributed by atoms with Crippen LogP contribution in [0, 0.1) is 6.92 Å². The van der Waals surface area contributed by atoms with Gasteiger partial charge in [-0.05, 0) is 60.7 Å². The van der Waals surface area contributed by atoms with Gasteiger partial charge in [0.15, 0.2) is 0 Å². The lowest BCUT2D eigenvalue weighted by Crippen LogP contribution is -2.55. The summed E-state index contributed by atoms with van der Waals surface area (Å²) < 4.78 is 27.7. The van der Waals surface area contributed by atoms with E-state index >= 15 is 0 Å². The van der Waals surface area contributed by atoms with Crippen molar-refractivity contribution in [3.63, 3.8) is 0 Å². The molecular weight excluding hydrogens is 602 g/mol. The van der Waals surface area contributed by atoms with E-state index in [1.807, 2.05) is 61.5 Å².